The van der Waals surface area contributed by atoms with E-state index in [0.717, 1.165) is 17.8 Å². The van der Waals surface area contributed by atoms with Gasteiger partial charge in [0.05, 0.1) is 26.7 Å². The Morgan fingerprint density at radius 3 is 2.64 bits per heavy atom. The zero-order chi connectivity index (χ0) is 18.2. The van der Waals surface area contributed by atoms with Crippen LogP contribution in [0.25, 0.3) is 10.9 Å². The third-order valence-corrected chi connectivity index (χ3v) is 5.00. The second-order valence-corrected chi connectivity index (χ2v) is 7.19. The number of aromatic nitrogens is 2. The molecule has 130 valence electrons. The van der Waals surface area contributed by atoms with Crippen molar-refractivity contribution in [1.82, 2.24) is 9.97 Å². The fraction of sp³-hybridized carbons (Fsp3) is 0.176. The molecule has 0 aliphatic heterocycles. The number of para-hydroxylation sites is 1. The highest BCUT2D eigenvalue weighted by Crippen LogP contribution is 2.40. The maximum Gasteiger partial charge on any atom is 0.417 e. The number of nitrogens with one attached hydrogen (secondary N) is 1. The van der Waals surface area contributed by atoms with Gasteiger partial charge in [-0.05, 0) is 37.3 Å². The summed E-state index contributed by atoms with van der Waals surface area (Å²) in [5.74, 6) is 0.400. The number of H-pyrrole nitrogens is 1. The summed E-state index contributed by atoms with van der Waals surface area (Å²) < 4.78 is 38.9. The first-order valence-corrected chi connectivity index (χ1v) is 8.54. The summed E-state index contributed by atoms with van der Waals surface area (Å²) >= 11 is 6.79. The topological polar surface area (TPSA) is 45.8 Å². The van der Waals surface area contributed by atoms with Gasteiger partial charge in [0, 0.05) is 4.90 Å². The Morgan fingerprint density at radius 1 is 1.20 bits per heavy atom. The van der Waals surface area contributed by atoms with Crippen LogP contribution >= 0.6 is 23.4 Å². The summed E-state index contributed by atoms with van der Waals surface area (Å²) in [5, 5.41) is -0.226. The molecule has 1 atom stereocenters. The molecule has 0 radical (unpaired) electrons. The molecule has 0 aliphatic carbocycles. The van der Waals surface area contributed by atoms with Crippen molar-refractivity contribution in [3.05, 3.63) is 69.2 Å². The van der Waals surface area contributed by atoms with Gasteiger partial charge in [0.25, 0.3) is 5.56 Å². The van der Waals surface area contributed by atoms with Crippen molar-refractivity contribution in [2.45, 2.75) is 23.2 Å². The van der Waals surface area contributed by atoms with Gasteiger partial charge < -0.3 is 4.98 Å². The van der Waals surface area contributed by atoms with E-state index in [2.05, 4.69) is 9.97 Å². The number of halogens is 4. The van der Waals surface area contributed by atoms with Crippen LogP contribution in [0.5, 0.6) is 0 Å². The van der Waals surface area contributed by atoms with Crippen LogP contribution in [0, 0.1) is 0 Å². The molecule has 8 heteroatoms. The second-order valence-electron chi connectivity index (χ2n) is 5.37. The van der Waals surface area contributed by atoms with Crippen molar-refractivity contribution < 1.29 is 13.2 Å². The zero-order valence-corrected chi connectivity index (χ0v) is 14.5. The highest BCUT2D eigenvalue weighted by Gasteiger charge is 2.33. The van der Waals surface area contributed by atoms with E-state index in [4.69, 9.17) is 11.6 Å². The summed E-state index contributed by atoms with van der Waals surface area (Å²) in [4.78, 5) is 19.6. The first-order chi connectivity index (χ1) is 11.8. The maximum atomic E-state index is 13.0. The Morgan fingerprint density at radius 2 is 1.92 bits per heavy atom. The lowest BCUT2D eigenvalue weighted by molar-refractivity contribution is -0.137. The number of thioether (sulfide) groups is 1. The van der Waals surface area contributed by atoms with Crippen molar-refractivity contribution in [1.29, 1.82) is 0 Å². The smallest absolute Gasteiger partial charge is 0.309 e. The number of hydrogen-bond donors (Lipinski definition) is 1. The number of hydrogen-bond acceptors (Lipinski definition) is 3. The standard InChI is InChI=1S/C17H12ClF3N2OS/c1-9(15-22-14-5-3-2-4-11(14)16(24)23-15)25-10-6-7-13(18)12(8-10)17(19,20)21/h2-9H,1H3,(H,22,23,24)/t9-/m1/s1. The molecule has 0 aliphatic rings. The molecule has 3 rings (SSSR count). The lowest BCUT2D eigenvalue weighted by atomic mass is 10.2. The highest BCUT2D eigenvalue weighted by molar-refractivity contribution is 7.99. The van der Waals surface area contributed by atoms with Gasteiger partial charge in [-0.2, -0.15) is 13.2 Å². The van der Waals surface area contributed by atoms with E-state index in [0.29, 0.717) is 21.6 Å². The second kappa shape index (κ2) is 6.72. The molecular weight excluding hydrogens is 373 g/mol. The quantitative estimate of drug-likeness (QED) is 0.611. The minimum absolute atomic E-state index is 0.278. The molecule has 0 fully saturated rings. The predicted octanol–water partition coefficient (Wildman–Crippen LogP) is 5.45. The summed E-state index contributed by atoms with van der Waals surface area (Å²) in [5.41, 5.74) is -0.618. The van der Waals surface area contributed by atoms with Crippen LogP contribution in [0.4, 0.5) is 13.2 Å². The molecule has 2 aromatic carbocycles. The van der Waals surface area contributed by atoms with Gasteiger partial charge in [0.2, 0.25) is 0 Å². The van der Waals surface area contributed by atoms with Crippen LogP contribution in [0.15, 0.2) is 52.2 Å². The number of alkyl halides is 3. The molecule has 3 aromatic rings. The average molecular weight is 385 g/mol. The molecule has 1 heterocycles. The van der Waals surface area contributed by atoms with Gasteiger partial charge >= 0.3 is 6.18 Å². The Balaban J connectivity index is 1.93. The fourth-order valence-electron chi connectivity index (χ4n) is 2.35. The fourth-order valence-corrected chi connectivity index (χ4v) is 3.54. The Kier molecular flexibility index (Phi) is 4.79. The lowest BCUT2D eigenvalue weighted by Crippen LogP contribution is -2.12. The van der Waals surface area contributed by atoms with E-state index in [9.17, 15) is 18.0 Å². The summed E-state index contributed by atoms with van der Waals surface area (Å²) in [7, 11) is 0. The zero-order valence-electron chi connectivity index (χ0n) is 12.9. The van der Waals surface area contributed by atoms with E-state index in [1.54, 1.807) is 31.2 Å². The maximum absolute atomic E-state index is 13.0. The predicted molar refractivity (Wildman–Crippen MR) is 93.1 cm³/mol. The van der Waals surface area contributed by atoms with Crippen LogP contribution in [-0.4, -0.2) is 9.97 Å². The van der Waals surface area contributed by atoms with Gasteiger partial charge in [-0.25, -0.2) is 4.98 Å². The van der Waals surface area contributed by atoms with E-state index in [1.807, 2.05) is 0 Å². The normalized spacial score (nSPS) is 13.2. The molecule has 3 nitrogen and oxygen atoms in total. The summed E-state index contributed by atoms with van der Waals surface area (Å²) in [6.45, 7) is 1.76. The third kappa shape index (κ3) is 3.82. The molecule has 25 heavy (non-hydrogen) atoms. The van der Waals surface area contributed by atoms with Gasteiger partial charge in [-0.15, -0.1) is 11.8 Å². The minimum Gasteiger partial charge on any atom is -0.309 e. The molecular formula is C17H12ClF3N2OS. The lowest BCUT2D eigenvalue weighted by Gasteiger charge is -2.14. The molecule has 0 spiro atoms. The molecule has 0 saturated carbocycles. The Labute approximate surface area is 150 Å². The minimum atomic E-state index is -4.52. The van der Waals surface area contributed by atoms with Crippen molar-refractivity contribution in [3.63, 3.8) is 0 Å². The van der Waals surface area contributed by atoms with Crippen molar-refractivity contribution >= 4 is 34.3 Å². The first kappa shape index (κ1) is 17.8. The average Bonchev–Trinajstić information content (AvgIpc) is 2.55. The van der Waals surface area contributed by atoms with Gasteiger partial charge in [0.1, 0.15) is 5.82 Å². The van der Waals surface area contributed by atoms with Crippen LogP contribution in [0.3, 0.4) is 0 Å². The Hall–Kier alpha value is -1.99. The molecule has 0 amide bonds. The number of fused-ring (bicyclic) bond motifs is 1. The van der Waals surface area contributed by atoms with Crippen molar-refractivity contribution in [2.24, 2.45) is 0 Å². The molecule has 0 bridgehead atoms. The van der Waals surface area contributed by atoms with Crippen LogP contribution in [-0.2, 0) is 6.18 Å². The van der Waals surface area contributed by atoms with Gasteiger partial charge in [-0.3, -0.25) is 4.79 Å². The van der Waals surface area contributed by atoms with Crippen molar-refractivity contribution in [3.8, 4) is 0 Å². The molecule has 0 saturated heterocycles. The largest absolute Gasteiger partial charge is 0.417 e. The number of benzene rings is 2. The first-order valence-electron chi connectivity index (χ1n) is 7.28. The van der Waals surface area contributed by atoms with E-state index in [-0.39, 0.29) is 15.8 Å². The monoisotopic (exact) mass is 384 g/mol. The van der Waals surface area contributed by atoms with E-state index < -0.39 is 11.7 Å². The van der Waals surface area contributed by atoms with Crippen LogP contribution in [0.2, 0.25) is 5.02 Å². The van der Waals surface area contributed by atoms with Crippen LogP contribution in [0.1, 0.15) is 23.6 Å². The van der Waals surface area contributed by atoms with Gasteiger partial charge in [-0.1, -0.05) is 23.7 Å². The molecule has 1 aromatic heterocycles. The van der Waals surface area contributed by atoms with E-state index in [1.165, 1.54) is 12.1 Å². The highest BCUT2D eigenvalue weighted by atomic mass is 35.5. The third-order valence-electron chi connectivity index (χ3n) is 3.57. The van der Waals surface area contributed by atoms with Gasteiger partial charge in [0.15, 0.2) is 0 Å². The van der Waals surface area contributed by atoms with Crippen LogP contribution < -0.4 is 5.56 Å². The van der Waals surface area contributed by atoms with E-state index >= 15 is 0 Å². The van der Waals surface area contributed by atoms with Crippen molar-refractivity contribution in [2.75, 3.05) is 0 Å². The number of aromatic amines is 1. The SMILES string of the molecule is C[C@@H](Sc1ccc(Cl)c(C(F)(F)F)c1)c1nc2ccccc2c(=O)[nH]1. The molecule has 1 N–H and O–H groups in total. The Bertz CT molecular complexity index is 988. The summed E-state index contributed by atoms with van der Waals surface area (Å²) in [6.07, 6.45) is -4.52. The molecule has 0 unspecified atom stereocenters. The summed E-state index contributed by atoms with van der Waals surface area (Å²) in [6, 6.07) is 10.6. The number of nitrogens with zero attached hydrogens (tertiary/aromatic N) is 1. The number of rotatable bonds is 3.